The zero-order valence-electron chi connectivity index (χ0n) is 26.4. The summed E-state index contributed by atoms with van der Waals surface area (Å²) in [6, 6.07) is 28.3. The first kappa shape index (κ1) is 36.0. The molecule has 0 saturated heterocycles. The molecule has 4 aromatic carbocycles. The molecule has 1 atom stereocenters. The zero-order chi connectivity index (χ0) is 33.8. The van der Waals surface area contributed by atoms with Crippen molar-refractivity contribution in [2.45, 2.75) is 50.6 Å². The van der Waals surface area contributed by atoms with Gasteiger partial charge < -0.3 is 15.0 Å². The van der Waals surface area contributed by atoms with Crippen molar-refractivity contribution in [3.63, 3.8) is 0 Å². The van der Waals surface area contributed by atoms with Crippen molar-refractivity contribution >= 4 is 55.1 Å². The number of ether oxygens (including phenoxy) is 1. The van der Waals surface area contributed by atoms with E-state index in [4.69, 9.17) is 16.3 Å². The van der Waals surface area contributed by atoms with Crippen LogP contribution in [0.3, 0.4) is 0 Å². The first-order chi connectivity index (χ1) is 22.6. The number of amides is 2. The summed E-state index contributed by atoms with van der Waals surface area (Å²) in [5.74, 6) is -0.281. The van der Waals surface area contributed by atoms with Crippen LogP contribution >= 0.6 is 27.5 Å². The summed E-state index contributed by atoms with van der Waals surface area (Å²) in [5.41, 5.74) is 1.92. The number of rotatable bonds is 16. The number of anilines is 1. The summed E-state index contributed by atoms with van der Waals surface area (Å²) < 4.78 is 35.8. The summed E-state index contributed by atoms with van der Waals surface area (Å²) in [6.45, 7) is 4.32. The highest BCUT2D eigenvalue weighted by Gasteiger charge is 2.34. The molecule has 1 N–H and O–H groups in total. The van der Waals surface area contributed by atoms with Gasteiger partial charge in [-0.05, 0) is 85.1 Å². The van der Waals surface area contributed by atoms with Crippen LogP contribution in [-0.4, -0.2) is 50.9 Å². The van der Waals surface area contributed by atoms with Crippen molar-refractivity contribution < 1.29 is 22.7 Å². The number of unbranched alkanes of at least 4 members (excludes halogenated alkanes) is 1. The zero-order valence-corrected chi connectivity index (χ0v) is 29.6. The maximum atomic E-state index is 14.6. The van der Waals surface area contributed by atoms with E-state index >= 15 is 0 Å². The molecule has 11 heteroatoms. The van der Waals surface area contributed by atoms with Gasteiger partial charge in [0.1, 0.15) is 18.3 Å². The van der Waals surface area contributed by atoms with Crippen molar-refractivity contribution in [1.29, 1.82) is 0 Å². The van der Waals surface area contributed by atoms with Crippen molar-refractivity contribution in [3.05, 3.63) is 124 Å². The summed E-state index contributed by atoms with van der Waals surface area (Å²) in [4.78, 5) is 29.9. The number of hydrogen-bond acceptors (Lipinski definition) is 5. The summed E-state index contributed by atoms with van der Waals surface area (Å²) >= 11 is 9.58. The van der Waals surface area contributed by atoms with Gasteiger partial charge in [-0.2, -0.15) is 0 Å². The maximum absolute atomic E-state index is 14.6. The van der Waals surface area contributed by atoms with Crippen molar-refractivity contribution in [1.82, 2.24) is 10.2 Å². The molecule has 0 saturated carbocycles. The van der Waals surface area contributed by atoms with Gasteiger partial charge in [0, 0.05) is 29.0 Å². The van der Waals surface area contributed by atoms with Gasteiger partial charge in [-0.15, -0.1) is 0 Å². The van der Waals surface area contributed by atoms with E-state index in [1.54, 1.807) is 24.3 Å². The van der Waals surface area contributed by atoms with Crippen molar-refractivity contribution in [2.24, 2.45) is 0 Å². The first-order valence-corrected chi connectivity index (χ1v) is 18.1. The third-order valence-electron chi connectivity index (χ3n) is 7.46. The Morgan fingerprint density at radius 3 is 2.21 bits per heavy atom. The van der Waals surface area contributed by atoms with Crippen molar-refractivity contribution in [3.8, 4) is 5.75 Å². The number of carbonyl (C=O) groups excluding carboxylic acids is 2. The molecule has 0 aliphatic rings. The van der Waals surface area contributed by atoms with Crippen LogP contribution in [0.25, 0.3) is 0 Å². The highest BCUT2D eigenvalue weighted by atomic mass is 79.9. The Hall–Kier alpha value is -3.86. The number of halogens is 2. The molecule has 0 heterocycles. The second-order valence-corrected chi connectivity index (χ2v) is 14.1. The van der Waals surface area contributed by atoms with E-state index in [9.17, 15) is 18.0 Å². The highest BCUT2D eigenvalue weighted by Crippen LogP contribution is 2.28. The summed E-state index contributed by atoms with van der Waals surface area (Å²) in [7, 11) is -4.25. The van der Waals surface area contributed by atoms with Crippen LogP contribution in [0, 0.1) is 0 Å². The Morgan fingerprint density at radius 2 is 1.57 bits per heavy atom. The highest BCUT2D eigenvalue weighted by molar-refractivity contribution is 9.10. The predicted octanol–water partition coefficient (Wildman–Crippen LogP) is 7.25. The maximum Gasteiger partial charge on any atom is 0.264 e. The molecule has 1 unspecified atom stereocenters. The van der Waals surface area contributed by atoms with Crippen LogP contribution in [0.15, 0.2) is 112 Å². The molecule has 0 spiro atoms. The lowest BCUT2D eigenvalue weighted by molar-refractivity contribution is -0.140. The molecular formula is C36H39BrClN3O5S. The number of sulfonamides is 1. The molecule has 248 valence electrons. The van der Waals surface area contributed by atoms with Crippen LogP contribution in [0.1, 0.15) is 37.8 Å². The Labute approximate surface area is 290 Å². The molecule has 0 aliphatic heterocycles. The lowest BCUT2D eigenvalue weighted by Gasteiger charge is -2.34. The second kappa shape index (κ2) is 17.3. The number of hydrogen-bond donors (Lipinski definition) is 1. The average Bonchev–Trinajstić information content (AvgIpc) is 3.06. The van der Waals surface area contributed by atoms with Gasteiger partial charge in [-0.25, -0.2) is 8.42 Å². The van der Waals surface area contributed by atoms with Gasteiger partial charge in [0.15, 0.2) is 0 Å². The van der Waals surface area contributed by atoms with E-state index in [2.05, 4.69) is 21.2 Å². The molecule has 0 radical (unpaired) electrons. The predicted molar refractivity (Wildman–Crippen MR) is 190 cm³/mol. The van der Waals surface area contributed by atoms with Crippen LogP contribution in [0.5, 0.6) is 5.75 Å². The van der Waals surface area contributed by atoms with Gasteiger partial charge in [0.05, 0.1) is 17.2 Å². The summed E-state index contributed by atoms with van der Waals surface area (Å²) in [6.07, 6.45) is 1.92. The molecular weight excluding hydrogens is 702 g/mol. The molecule has 0 aromatic heterocycles. The fourth-order valence-electron chi connectivity index (χ4n) is 5.03. The van der Waals surface area contributed by atoms with E-state index in [0.717, 1.165) is 32.7 Å². The Kier molecular flexibility index (Phi) is 13.3. The molecule has 0 aliphatic carbocycles. The molecule has 4 rings (SSSR count). The first-order valence-electron chi connectivity index (χ1n) is 15.5. The molecule has 4 aromatic rings. The van der Waals surface area contributed by atoms with Gasteiger partial charge in [-0.1, -0.05) is 83.3 Å². The number of nitrogens with one attached hydrogen (secondary N) is 1. The average molecular weight is 741 g/mol. The van der Waals surface area contributed by atoms with Gasteiger partial charge in [0.25, 0.3) is 10.0 Å². The normalized spacial score (nSPS) is 11.8. The minimum atomic E-state index is -4.25. The minimum absolute atomic E-state index is 0.0275. The van der Waals surface area contributed by atoms with Crippen LogP contribution in [0.4, 0.5) is 5.69 Å². The number of benzene rings is 4. The quantitative estimate of drug-likeness (QED) is 0.122. The summed E-state index contributed by atoms with van der Waals surface area (Å²) in [5, 5.41) is 3.38. The Bertz CT molecular complexity index is 1720. The van der Waals surface area contributed by atoms with E-state index in [1.807, 2.05) is 68.4 Å². The standard InChI is InChI=1S/C36H39BrClN3O5S/c1-3-5-22-39-36(43)34(24-27-10-7-6-8-11-27)40(25-28-12-9-13-29(37)23-28)35(42)26-41(31-16-18-32(19-17-31)46-4-2)47(44,45)33-20-14-30(38)15-21-33/h6-21,23,34H,3-5,22,24-26H2,1-2H3,(H,39,43). The van der Waals surface area contributed by atoms with Crippen LogP contribution in [-0.2, 0) is 32.6 Å². The van der Waals surface area contributed by atoms with Gasteiger partial charge in [-0.3, -0.25) is 13.9 Å². The SMILES string of the molecule is CCCCNC(=O)C(Cc1ccccc1)N(Cc1cccc(Br)c1)C(=O)CN(c1ccc(OCC)cc1)S(=O)(=O)c1ccc(Cl)cc1. The van der Waals surface area contributed by atoms with E-state index in [0.29, 0.717) is 23.9 Å². The monoisotopic (exact) mass is 739 g/mol. The van der Waals surface area contributed by atoms with E-state index in [1.165, 1.54) is 29.2 Å². The van der Waals surface area contributed by atoms with Gasteiger partial charge >= 0.3 is 0 Å². The molecule has 2 amide bonds. The van der Waals surface area contributed by atoms with Crippen LogP contribution in [0.2, 0.25) is 5.02 Å². The topological polar surface area (TPSA) is 96.0 Å². The molecule has 47 heavy (non-hydrogen) atoms. The fourth-order valence-corrected chi connectivity index (χ4v) is 7.02. The Morgan fingerprint density at radius 1 is 0.894 bits per heavy atom. The number of carbonyl (C=O) groups is 2. The van der Waals surface area contributed by atoms with E-state index in [-0.39, 0.29) is 29.5 Å². The lowest BCUT2D eigenvalue weighted by atomic mass is 10.0. The van der Waals surface area contributed by atoms with E-state index < -0.39 is 28.5 Å². The van der Waals surface area contributed by atoms with Crippen LogP contribution < -0.4 is 14.4 Å². The second-order valence-electron chi connectivity index (χ2n) is 10.9. The third kappa shape index (κ3) is 10.1. The third-order valence-corrected chi connectivity index (χ3v) is 9.99. The molecule has 0 fully saturated rings. The smallest absolute Gasteiger partial charge is 0.264 e. The lowest BCUT2D eigenvalue weighted by Crippen LogP contribution is -2.53. The van der Waals surface area contributed by atoms with Crippen molar-refractivity contribution in [2.75, 3.05) is 24.0 Å². The molecule has 8 nitrogen and oxygen atoms in total. The fraction of sp³-hybridized carbons (Fsp3) is 0.278. The van der Waals surface area contributed by atoms with Gasteiger partial charge in [0.2, 0.25) is 11.8 Å². The largest absolute Gasteiger partial charge is 0.494 e. The molecule has 0 bridgehead atoms. The Balaban J connectivity index is 1.79. The minimum Gasteiger partial charge on any atom is -0.494 e. The number of nitrogens with zero attached hydrogens (tertiary/aromatic N) is 2.